The van der Waals surface area contributed by atoms with E-state index in [0.717, 1.165) is 24.2 Å². The molecule has 4 saturated carbocycles. The van der Waals surface area contributed by atoms with Crippen molar-refractivity contribution in [1.29, 1.82) is 0 Å². The molecule has 0 radical (unpaired) electrons. The third kappa shape index (κ3) is 1.78. The highest BCUT2D eigenvalue weighted by atomic mass is 15.3. The molecular weight excluding hydrogens is 234 g/mol. The molecule has 0 aliphatic heterocycles. The highest BCUT2D eigenvalue weighted by Crippen LogP contribution is 2.58. The maximum Gasteiger partial charge on any atom is 0.0640 e. The van der Waals surface area contributed by atoms with E-state index in [2.05, 4.69) is 17.7 Å². The number of hydrogen-bond acceptors (Lipinski definition) is 2. The average Bonchev–Trinajstić information content (AvgIpc) is 2.70. The van der Waals surface area contributed by atoms with Crippen molar-refractivity contribution in [2.24, 2.45) is 23.5 Å². The van der Waals surface area contributed by atoms with Gasteiger partial charge in [0.05, 0.1) is 11.2 Å². The summed E-state index contributed by atoms with van der Waals surface area (Å²) in [6, 6.07) is 2.26. The summed E-state index contributed by atoms with van der Waals surface area (Å²) in [4.78, 5) is 0. The first-order chi connectivity index (χ1) is 9.18. The fourth-order valence-electron chi connectivity index (χ4n) is 5.61. The predicted molar refractivity (Wildman–Crippen MR) is 75.9 cm³/mol. The lowest BCUT2D eigenvalue weighted by Gasteiger charge is -2.56. The minimum Gasteiger partial charge on any atom is -0.330 e. The summed E-state index contributed by atoms with van der Waals surface area (Å²) in [6.45, 7) is 2.93. The quantitative estimate of drug-likeness (QED) is 0.907. The standard InChI is InChI=1S/C16H25N3/c1-11-4-15(2-3-17)18-19(11)16-8-12-5-13(9-16)7-14(6-12)10-16/h4,12-14H,2-3,5-10,17H2,1H3. The summed E-state index contributed by atoms with van der Waals surface area (Å²) in [5, 5.41) is 4.93. The second-order valence-electron chi connectivity index (χ2n) is 7.37. The maximum atomic E-state index is 5.68. The van der Waals surface area contributed by atoms with Gasteiger partial charge in [0.1, 0.15) is 0 Å². The first-order valence-corrected chi connectivity index (χ1v) is 7.94. The predicted octanol–water partition coefficient (Wildman–Crippen LogP) is 2.62. The third-order valence-corrected chi connectivity index (χ3v) is 5.79. The van der Waals surface area contributed by atoms with Crippen LogP contribution in [0.2, 0.25) is 0 Å². The van der Waals surface area contributed by atoms with Crippen molar-refractivity contribution in [1.82, 2.24) is 9.78 Å². The molecule has 1 aromatic rings. The zero-order valence-electron chi connectivity index (χ0n) is 11.9. The Labute approximate surface area is 115 Å². The van der Waals surface area contributed by atoms with Crippen LogP contribution in [-0.2, 0) is 12.0 Å². The summed E-state index contributed by atoms with van der Waals surface area (Å²) in [5.41, 5.74) is 8.59. The van der Waals surface area contributed by atoms with Gasteiger partial charge in [0, 0.05) is 12.1 Å². The van der Waals surface area contributed by atoms with Crippen molar-refractivity contribution in [2.75, 3.05) is 6.54 Å². The molecule has 0 aromatic carbocycles. The lowest BCUT2D eigenvalue weighted by molar-refractivity contribution is -0.0505. The molecule has 4 aliphatic rings. The van der Waals surface area contributed by atoms with E-state index in [9.17, 15) is 0 Å². The Morgan fingerprint density at radius 3 is 2.32 bits per heavy atom. The Kier molecular flexibility index (Phi) is 2.57. The Morgan fingerprint density at radius 1 is 1.21 bits per heavy atom. The highest BCUT2D eigenvalue weighted by molar-refractivity contribution is 5.15. The van der Waals surface area contributed by atoms with Crippen molar-refractivity contribution in [3.8, 4) is 0 Å². The van der Waals surface area contributed by atoms with Crippen molar-refractivity contribution in [3.63, 3.8) is 0 Å². The molecule has 1 aromatic heterocycles. The molecule has 4 aliphatic carbocycles. The summed E-state index contributed by atoms with van der Waals surface area (Å²) < 4.78 is 2.41. The molecule has 5 rings (SSSR count). The summed E-state index contributed by atoms with van der Waals surface area (Å²) in [7, 11) is 0. The Bertz CT molecular complexity index is 453. The van der Waals surface area contributed by atoms with Crippen molar-refractivity contribution in [3.05, 3.63) is 17.5 Å². The Morgan fingerprint density at radius 2 is 1.79 bits per heavy atom. The van der Waals surface area contributed by atoms with E-state index in [1.165, 1.54) is 49.9 Å². The monoisotopic (exact) mass is 259 g/mol. The van der Waals surface area contributed by atoms with Gasteiger partial charge < -0.3 is 5.73 Å². The molecule has 104 valence electrons. The van der Waals surface area contributed by atoms with Gasteiger partial charge in [-0.05, 0) is 75.8 Å². The van der Waals surface area contributed by atoms with Gasteiger partial charge in [0.25, 0.3) is 0 Å². The average molecular weight is 259 g/mol. The lowest BCUT2D eigenvalue weighted by atomic mass is 9.53. The summed E-state index contributed by atoms with van der Waals surface area (Å²) in [5.74, 6) is 2.94. The number of hydrogen-bond donors (Lipinski definition) is 1. The van der Waals surface area contributed by atoms with Gasteiger partial charge in [-0.2, -0.15) is 5.10 Å². The van der Waals surface area contributed by atoms with E-state index < -0.39 is 0 Å². The van der Waals surface area contributed by atoms with Gasteiger partial charge in [-0.25, -0.2) is 0 Å². The Hall–Kier alpha value is -0.830. The molecule has 4 fully saturated rings. The molecule has 3 nitrogen and oxygen atoms in total. The molecule has 3 heteroatoms. The van der Waals surface area contributed by atoms with Gasteiger partial charge in [-0.3, -0.25) is 4.68 Å². The molecule has 2 N–H and O–H groups in total. The molecule has 0 amide bonds. The Balaban J connectivity index is 1.71. The van der Waals surface area contributed by atoms with E-state index in [1.54, 1.807) is 0 Å². The van der Waals surface area contributed by atoms with E-state index in [4.69, 9.17) is 10.8 Å². The maximum absolute atomic E-state index is 5.68. The second kappa shape index (κ2) is 4.08. The topological polar surface area (TPSA) is 43.8 Å². The van der Waals surface area contributed by atoms with Gasteiger partial charge in [0.2, 0.25) is 0 Å². The number of nitrogens with two attached hydrogens (primary N) is 1. The number of aromatic nitrogens is 2. The summed E-state index contributed by atoms with van der Waals surface area (Å²) in [6.07, 6.45) is 9.54. The number of nitrogens with zero attached hydrogens (tertiary/aromatic N) is 2. The van der Waals surface area contributed by atoms with E-state index in [1.807, 2.05) is 0 Å². The molecule has 0 unspecified atom stereocenters. The first-order valence-electron chi connectivity index (χ1n) is 7.94. The smallest absolute Gasteiger partial charge is 0.0640 e. The van der Waals surface area contributed by atoms with Crippen molar-refractivity contribution >= 4 is 0 Å². The normalized spacial score (nSPS) is 40.0. The van der Waals surface area contributed by atoms with Crippen LogP contribution in [0.4, 0.5) is 0 Å². The minimum atomic E-state index is 0.367. The third-order valence-electron chi connectivity index (χ3n) is 5.79. The van der Waals surface area contributed by atoms with Crippen LogP contribution in [0.5, 0.6) is 0 Å². The highest BCUT2D eigenvalue weighted by Gasteiger charge is 2.52. The van der Waals surface area contributed by atoms with Crippen LogP contribution >= 0.6 is 0 Å². The fraction of sp³-hybridized carbons (Fsp3) is 0.812. The summed E-state index contributed by atoms with van der Waals surface area (Å²) >= 11 is 0. The zero-order chi connectivity index (χ0) is 13.0. The molecule has 4 bridgehead atoms. The van der Waals surface area contributed by atoms with Gasteiger partial charge in [-0.15, -0.1) is 0 Å². The van der Waals surface area contributed by atoms with Gasteiger partial charge in [0.15, 0.2) is 0 Å². The molecule has 0 spiro atoms. The van der Waals surface area contributed by atoms with E-state index in [-0.39, 0.29) is 0 Å². The first kappa shape index (κ1) is 12.0. The number of rotatable bonds is 3. The van der Waals surface area contributed by atoms with Crippen molar-refractivity contribution < 1.29 is 0 Å². The molecule has 1 heterocycles. The fourth-order valence-corrected chi connectivity index (χ4v) is 5.61. The molecular formula is C16H25N3. The van der Waals surface area contributed by atoms with E-state index in [0.29, 0.717) is 12.1 Å². The zero-order valence-corrected chi connectivity index (χ0v) is 11.9. The van der Waals surface area contributed by atoms with Gasteiger partial charge >= 0.3 is 0 Å². The van der Waals surface area contributed by atoms with Crippen LogP contribution in [-0.4, -0.2) is 16.3 Å². The van der Waals surface area contributed by atoms with Crippen LogP contribution in [0.25, 0.3) is 0 Å². The van der Waals surface area contributed by atoms with Crippen LogP contribution < -0.4 is 5.73 Å². The second-order valence-corrected chi connectivity index (χ2v) is 7.37. The van der Waals surface area contributed by atoms with Gasteiger partial charge in [-0.1, -0.05) is 0 Å². The number of aryl methyl sites for hydroxylation is 1. The van der Waals surface area contributed by atoms with Crippen LogP contribution in [0.15, 0.2) is 6.07 Å². The van der Waals surface area contributed by atoms with Crippen molar-refractivity contribution in [2.45, 2.75) is 57.4 Å². The molecule has 0 saturated heterocycles. The molecule has 19 heavy (non-hydrogen) atoms. The minimum absolute atomic E-state index is 0.367. The van der Waals surface area contributed by atoms with E-state index >= 15 is 0 Å². The van der Waals surface area contributed by atoms with Crippen LogP contribution in [0, 0.1) is 24.7 Å². The SMILES string of the molecule is Cc1cc(CCN)nn1C12CC3CC(CC(C3)C1)C2. The van der Waals surface area contributed by atoms with Crippen LogP contribution in [0.3, 0.4) is 0 Å². The van der Waals surface area contributed by atoms with Crippen LogP contribution in [0.1, 0.15) is 49.9 Å². The lowest BCUT2D eigenvalue weighted by Crippen LogP contribution is -2.52. The largest absolute Gasteiger partial charge is 0.330 e. The molecule has 0 atom stereocenters.